The predicted octanol–water partition coefficient (Wildman–Crippen LogP) is 0.465. The lowest BCUT2D eigenvalue weighted by Crippen LogP contribution is -2.54. The van der Waals surface area contributed by atoms with Gasteiger partial charge in [-0.3, -0.25) is 9.88 Å². The Kier molecular flexibility index (Phi) is 4.10. The zero-order chi connectivity index (χ0) is 12.3. The predicted molar refractivity (Wildman–Crippen MR) is 69.7 cm³/mol. The zero-order valence-corrected chi connectivity index (χ0v) is 10.8. The number of hydrogen-bond acceptors (Lipinski definition) is 4. The summed E-state index contributed by atoms with van der Waals surface area (Å²) in [5, 5.41) is 0. The topological polar surface area (TPSA) is 45.4 Å². The Morgan fingerprint density at radius 2 is 2.29 bits per heavy atom. The summed E-state index contributed by atoms with van der Waals surface area (Å²) in [6, 6.07) is 2.54. The van der Waals surface area contributed by atoms with Crippen molar-refractivity contribution >= 4 is 0 Å². The molecule has 94 valence electrons. The minimum Gasteiger partial charge on any atom is -0.329 e. The first kappa shape index (κ1) is 12.5. The lowest BCUT2D eigenvalue weighted by atomic mass is 10.1. The molecule has 0 amide bonds. The Morgan fingerprint density at radius 3 is 3.00 bits per heavy atom. The van der Waals surface area contributed by atoms with Crippen molar-refractivity contribution < 1.29 is 0 Å². The van der Waals surface area contributed by atoms with Crippen molar-refractivity contribution in [3.8, 4) is 0 Å². The first-order valence-corrected chi connectivity index (χ1v) is 6.23. The number of aromatic nitrogens is 1. The third-order valence-electron chi connectivity index (χ3n) is 3.60. The molecule has 0 aromatic carbocycles. The number of nitrogens with zero attached hydrogens (tertiary/aromatic N) is 3. The summed E-state index contributed by atoms with van der Waals surface area (Å²) < 4.78 is 0. The summed E-state index contributed by atoms with van der Waals surface area (Å²) in [4.78, 5) is 9.04. The van der Waals surface area contributed by atoms with E-state index in [1.165, 1.54) is 11.1 Å². The summed E-state index contributed by atoms with van der Waals surface area (Å²) in [5.41, 5.74) is 8.49. The third-order valence-corrected chi connectivity index (χ3v) is 3.60. The van der Waals surface area contributed by atoms with E-state index in [0.29, 0.717) is 6.04 Å². The molecule has 0 bridgehead atoms. The summed E-state index contributed by atoms with van der Waals surface area (Å²) in [6.07, 6.45) is 3.82. The van der Waals surface area contributed by atoms with Crippen LogP contribution in [0.2, 0.25) is 0 Å². The van der Waals surface area contributed by atoms with Crippen LogP contribution in [0.25, 0.3) is 0 Å². The monoisotopic (exact) mass is 234 g/mol. The number of pyridine rings is 1. The van der Waals surface area contributed by atoms with Crippen LogP contribution < -0.4 is 5.73 Å². The maximum absolute atomic E-state index is 5.86. The lowest BCUT2D eigenvalue weighted by molar-refractivity contribution is 0.0878. The summed E-state index contributed by atoms with van der Waals surface area (Å²) in [7, 11) is 2.16. The van der Waals surface area contributed by atoms with Gasteiger partial charge in [0.05, 0.1) is 0 Å². The maximum atomic E-state index is 5.86. The third kappa shape index (κ3) is 3.03. The average Bonchev–Trinajstić information content (AvgIpc) is 2.34. The molecule has 1 atom stereocenters. The highest BCUT2D eigenvalue weighted by Crippen LogP contribution is 2.14. The molecule has 1 saturated heterocycles. The molecular formula is C13H22N4. The molecule has 1 aliphatic heterocycles. The van der Waals surface area contributed by atoms with E-state index in [2.05, 4.69) is 34.8 Å². The Balaban J connectivity index is 2.05. The standard InChI is InChI=1S/C13H22N4/c1-11-3-4-15-8-12(11)9-17-6-5-16(2)10-13(17)7-14/h3-4,8,13H,5-7,9-10,14H2,1-2H3. The molecule has 17 heavy (non-hydrogen) atoms. The van der Waals surface area contributed by atoms with Gasteiger partial charge in [0, 0.05) is 51.2 Å². The lowest BCUT2D eigenvalue weighted by Gasteiger charge is -2.39. The van der Waals surface area contributed by atoms with E-state index < -0.39 is 0 Å². The first-order chi connectivity index (χ1) is 8.20. The van der Waals surface area contributed by atoms with Gasteiger partial charge in [-0.25, -0.2) is 0 Å². The summed E-state index contributed by atoms with van der Waals surface area (Å²) in [5.74, 6) is 0. The maximum Gasteiger partial charge on any atom is 0.0349 e. The molecule has 4 heteroatoms. The van der Waals surface area contributed by atoms with Crippen LogP contribution in [0, 0.1) is 6.92 Å². The van der Waals surface area contributed by atoms with Crippen LogP contribution >= 0.6 is 0 Å². The molecule has 1 fully saturated rings. The minimum atomic E-state index is 0.466. The van der Waals surface area contributed by atoms with Crippen molar-refractivity contribution in [3.63, 3.8) is 0 Å². The fraction of sp³-hybridized carbons (Fsp3) is 0.615. The van der Waals surface area contributed by atoms with Crippen molar-refractivity contribution in [1.82, 2.24) is 14.8 Å². The van der Waals surface area contributed by atoms with Gasteiger partial charge in [-0.15, -0.1) is 0 Å². The van der Waals surface area contributed by atoms with E-state index >= 15 is 0 Å². The van der Waals surface area contributed by atoms with Crippen LogP contribution in [0.3, 0.4) is 0 Å². The molecule has 4 nitrogen and oxygen atoms in total. The first-order valence-electron chi connectivity index (χ1n) is 6.23. The number of likely N-dealkylation sites (N-methyl/N-ethyl adjacent to an activating group) is 1. The van der Waals surface area contributed by atoms with Crippen LogP contribution in [0.4, 0.5) is 0 Å². The number of nitrogens with two attached hydrogens (primary N) is 1. The van der Waals surface area contributed by atoms with E-state index in [1.807, 2.05) is 12.4 Å². The Labute approximate surface area is 103 Å². The van der Waals surface area contributed by atoms with Gasteiger partial charge in [-0.1, -0.05) is 0 Å². The van der Waals surface area contributed by atoms with Crippen LogP contribution in [0.5, 0.6) is 0 Å². The fourth-order valence-corrected chi connectivity index (χ4v) is 2.36. The molecule has 2 N–H and O–H groups in total. The van der Waals surface area contributed by atoms with Crippen LogP contribution in [0.15, 0.2) is 18.5 Å². The highest BCUT2D eigenvalue weighted by atomic mass is 15.3. The van der Waals surface area contributed by atoms with Gasteiger partial charge in [0.25, 0.3) is 0 Å². The molecule has 2 heterocycles. The molecule has 0 saturated carbocycles. The molecule has 1 unspecified atom stereocenters. The van der Waals surface area contributed by atoms with E-state index in [1.54, 1.807) is 0 Å². The molecule has 0 radical (unpaired) electrons. The highest BCUT2D eigenvalue weighted by Gasteiger charge is 2.24. The van der Waals surface area contributed by atoms with E-state index in [4.69, 9.17) is 5.73 Å². The second-order valence-corrected chi connectivity index (χ2v) is 4.92. The van der Waals surface area contributed by atoms with Gasteiger partial charge in [-0.05, 0) is 31.2 Å². The van der Waals surface area contributed by atoms with Gasteiger partial charge in [0.1, 0.15) is 0 Å². The SMILES string of the molecule is Cc1ccncc1CN1CCN(C)CC1CN. The van der Waals surface area contributed by atoms with E-state index in [9.17, 15) is 0 Å². The van der Waals surface area contributed by atoms with E-state index in [-0.39, 0.29) is 0 Å². The van der Waals surface area contributed by atoms with Crippen LogP contribution in [0.1, 0.15) is 11.1 Å². The Morgan fingerprint density at radius 1 is 1.47 bits per heavy atom. The molecule has 1 aromatic heterocycles. The van der Waals surface area contributed by atoms with Crippen molar-refractivity contribution in [2.75, 3.05) is 33.2 Å². The van der Waals surface area contributed by atoms with Gasteiger partial charge >= 0.3 is 0 Å². The van der Waals surface area contributed by atoms with Crippen molar-refractivity contribution in [1.29, 1.82) is 0 Å². The second kappa shape index (κ2) is 5.58. The number of hydrogen-bond donors (Lipinski definition) is 1. The molecule has 2 rings (SSSR count). The number of piperazine rings is 1. The number of aryl methyl sites for hydroxylation is 1. The fourth-order valence-electron chi connectivity index (χ4n) is 2.36. The molecule has 1 aromatic rings. The molecule has 0 spiro atoms. The smallest absolute Gasteiger partial charge is 0.0349 e. The highest BCUT2D eigenvalue weighted by molar-refractivity contribution is 5.21. The normalized spacial score (nSPS) is 22.9. The Bertz CT molecular complexity index is 366. The summed E-state index contributed by atoms with van der Waals surface area (Å²) in [6.45, 7) is 7.11. The average molecular weight is 234 g/mol. The van der Waals surface area contributed by atoms with E-state index in [0.717, 1.165) is 32.7 Å². The zero-order valence-electron chi connectivity index (χ0n) is 10.8. The van der Waals surface area contributed by atoms with Gasteiger partial charge in [0.15, 0.2) is 0 Å². The van der Waals surface area contributed by atoms with Gasteiger partial charge in [-0.2, -0.15) is 0 Å². The van der Waals surface area contributed by atoms with Crippen LogP contribution in [-0.4, -0.2) is 54.1 Å². The van der Waals surface area contributed by atoms with Crippen molar-refractivity contribution in [2.45, 2.75) is 19.5 Å². The summed E-state index contributed by atoms with van der Waals surface area (Å²) >= 11 is 0. The Hall–Kier alpha value is -0.970. The number of rotatable bonds is 3. The van der Waals surface area contributed by atoms with Gasteiger partial charge in [0.2, 0.25) is 0 Å². The van der Waals surface area contributed by atoms with Crippen molar-refractivity contribution in [3.05, 3.63) is 29.6 Å². The molecular weight excluding hydrogens is 212 g/mol. The largest absolute Gasteiger partial charge is 0.329 e. The minimum absolute atomic E-state index is 0.466. The van der Waals surface area contributed by atoms with Crippen LogP contribution in [-0.2, 0) is 6.54 Å². The van der Waals surface area contributed by atoms with Gasteiger partial charge < -0.3 is 10.6 Å². The second-order valence-electron chi connectivity index (χ2n) is 4.92. The van der Waals surface area contributed by atoms with Crippen molar-refractivity contribution in [2.24, 2.45) is 5.73 Å². The molecule has 0 aliphatic carbocycles. The quantitative estimate of drug-likeness (QED) is 0.825. The molecule has 1 aliphatic rings.